The van der Waals surface area contributed by atoms with Crippen LogP contribution in [0.4, 0.5) is 5.69 Å². The summed E-state index contributed by atoms with van der Waals surface area (Å²) in [6.45, 7) is -0.0258. The summed E-state index contributed by atoms with van der Waals surface area (Å²) in [5, 5.41) is 4.22. The molecule has 1 heterocycles. The molecule has 1 aromatic heterocycles. The lowest BCUT2D eigenvalue weighted by Crippen LogP contribution is -2.24. The van der Waals surface area contributed by atoms with Crippen LogP contribution in [0.25, 0.3) is 0 Å². The third-order valence-electron chi connectivity index (χ3n) is 2.39. The van der Waals surface area contributed by atoms with Gasteiger partial charge >= 0.3 is 0 Å². The number of nitrogen functional groups attached to an aromatic ring is 1. The maximum Gasteiger partial charge on any atom is 0.242 e. The van der Waals surface area contributed by atoms with Gasteiger partial charge < -0.3 is 5.73 Å². The second-order valence-electron chi connectivity index (χ2n) is 3.97. The molecule has 0 fully saturated rings. The Morgan fingerprint density at radius 2 is 2.20 bits per heavy atom. The number of nitrogens with zero attached hydrogens (tertiary/aromatic N) is 3. The zero-order chi connectivity index (χ0) is 14.9. The molecule has 7 nitrogen and oxygen atoms in total. The number of halogens is 2. The van der Waals surface area contributed by atoms with E-state index in [1.807, 2.05) is 0 Å². The number of hydrogen-bond donors (Lipinski definition) is 2. The van der Waals surface area contributed by atoms with Crippen LogP contribution >= 0.6 is 27.5 Å². The first-order valence-electron chi connectivity index (χ1n) is 5.38. The lowest BCUT2D eigenvalue weighted by molar-refractivity contribution is 0.578. The maximum absolute atomic E-state index is 12.2. The van der Waals surface area contributed by atoms with Gasteiger partial charge in [-0.15, -0.1) is 0 Å². The Morgan fingerprint density at radius 1 is 1.50 bits per heavy atom. The monoisotopic (exact) mass is 379 g/mol. The summed E-state index contributed by atoms with van der Waals surface area (Å²) >= 11 is 8.97. The molecule has 0 aliphatic heterocycles. The van der Waals surface area contributed by atoms with Gasteiger partial charge in [-0.1, -0.05) is 11.6 Å². The molecule has 0 aliphatic rings. The van der Waals surface area contributed by atoms with Crippen LogP contribution < -0.4 is 10.5 Å². The molecule has 108 valence electrons. The largest absolute Gasteiger partial charge is 0.398 e. The molecule has 10 heteroatoms. The van der Waals surface area contributed by atoms with E-state index in [9.17, 15) is 8.42 Å². The average molecular weight is 381 g/mol. The summed E-state index contributed by atoms with van der Waals surface area (Å²) in [6.07, 6.45) is 1.48. The second-order valence-corrected chi connectivity index (χ2v) is 6.93. The van der Waals surface area contributed by atoms with E-state index in [0.717, 1.165) is 0 Å². The number of aryl methyl sites for hydroxylation is 1. The standard InChI is InChI=1S/C10H11BrClN5O2S/c1-17-5-14-9(16-17)4-15-20(18,19)8-3-6(12)2-7(13)10(8)11/h2-3,5,15H,4,13H2,1H3. The highest BCUT2D eigenvalue weighted by atomic mass is 79.9. The first-order chi connectivity index (χ1) is 9.29. The normalized spacial score (nSPS) is 11.8. The predicted octanol–water partition coefficient (Wildman–Crippen LogP) is 1.29. The van der Waals surface area contributed by atoms with E-state index >= 15 is 0 Å². The minimum absolute atomic E-state index is 0.0258. The van der Waals surface area contributed by atoms with Crippen molar-refractivity contribution >= 4 is 43.2 Å². The van der Waals surface area contributed by atoms with Crippen molar-refractivity contribution < 1.29 is 8.42 Å². The van der Waals surface area contributed by atoms with E-state index in [4.69, 9.17) is 17.3 Å². The summed E-state index contributed by atoms with van der Waals surface area (Å²) < 4.78 is 28.6. The first kappa shape index (κ1) is 15.2. The van der Waals surface area contributed by atoms with Gasteiger partial charge in [0.25, 0.3) is 0 Å². The van der Waals surface area contributed by atoms with Gasteiger partial charge in [0.2, 0.25) is 10.0 Å². The van der Waals surface area contributed by atoms with Crippen LogP contribution in [0.5, 0.6) is 0 Å². The molecule has 0 bridgehead atoms. The minimum atomic E-state index is -3.78. The van der Waals surface area contributed by atoms with E-state index in [1.54, 1.807) is 7.05 Å². The SMILES string of the molecule is Cn1cnc(CNS(=O)(=O)c2cc(Cl)cc(N)c2Br)n1. The highest BCUT2D eigenvalue weighted by Gasteiger charge is 2.20. The van der Waals surface area contributed by atoms with Crippen molar-refractivity contribution in [1.29, 1.82) is 0 Å². The molecule has 2 aromatic rings. The molecular formula is C10H11BrClN5O2S. The Kier molecular flexibility index (Phi) is 4.33. The van der Waals surface area contributed by atoms with E-state index in [0.29, 0.717) is 5.82 Å². The van der Waals surface area contributed by atoms with Crippen molar-refractivity contribution in [3.63, 3.8) is 0 Å². The van der Waals surface area contributed by atoms with Crippen LogP contribution in [0.3, 0.4) is 0 Å². The summed E-state index contributed by atoms with van der Waals surface area (Å²) in [4.78, 5) is 3.90. The van der Waals surface area contributed by atoms with Crippen LogP contribution in [-0.2, 0) is 23.6 Å². The van der Waals surface area contributed by atoms with Crippen molar-refractivity contribution in [2.45, 2.75) is 11.4 Å². The van der Waals surface area contributed by atoms with Gasteiger partial charge in [-0.05, 0) is 28.1 Å². The molecular weight excluding hydrogens is 370 g/mol. The van der Waals surface area contributed by atoms with Gasteiger partial charge in [0.1, 0.15) is 6.33 Å². The Morgan fingerprint density at radius 3 is 2.80 bits per heavy atom. The average Bonchev–Trinajstić information content (AvgIpc) is 2.77. The zero-order valence-corrected chi connectivity index (χ0v) is 13.5. The number of hydrogen-bond acceptors (Lipinski definition) is 5. The molecule has 0 aliphatic carbocycles. The van der Waals surface area contributed by atoms with Crippen molar-refractivity contribution in [2.75, 3.05) is 5.73 Å². The van der Waals surface area contributed by atoms with Gasteiger partial charge in [-0.2, -0.15) is 5.10 Å². The van der Waals surface area contributed by atoms with Gasteiger partial charge in [-0.25, -0.2) is 18.1 Å². The van der Waals surface area contributed by atoms with Gasteiger partial charge in [0, 0.05) is 17.8 Å². The van der Waals surface area contributed by atoms with Crippen LogP contribution in [0, 0.1) is 0 Å². The number of benzene rings is 1. The lowest BCUT2D eigenvalue weighted by atomic mass is 10.3. The summed E-state index contributed by atoms with van der Waals surface area (Å²) in [7, 11) is -2.08. The first-order valence-corrected chi connectivity index (χ1v) is 8.03. The number of sulfonamides is 1. The van der Waals surface area contributed by atoms with Crippen LogP contribution in [0.15, 0.2) is 27.8 Å². The third kappa shape index (κ3) is 3.29. The van der Waals surface area contributed by atoms with Crippen LogP contribution in [0.2, 0.25) is 5.02 Å². The molecule has 20 heavy (non-hydrogen) atoms. The Labute approximate surface area is 129 Å². The number of nitrogens with one attached hydrogen (secondary N) is 1. The highest BCUT2D eigenvalue weighted by Crippen LogP contribution is 2.31. The summed E-state index contributed by atoms with van der Waals surface area (Å²) in [5.74, 6) is 0.363. The fourth-order valence-corrected chi connectivity index (χ4v) is 3.75. The smallest absolute Gasteiger partial charge is 0.242 e. The molecule has 0 atom stereocenters. The minimum Gasteiger partial charge on any atom is -0.398 e. The number of aromatic nitrogens is 3. The van der Waals surface area contributed by atoms with E-state index in [-0.39, 0.29) is 26.6 Å². The van der Waals surface area contributed by atoms with Crippen molar-refractivity contribution in [2.24, 2.45) is 7.05 Å². The fraction of sp³-hybridized carbons (Fsp3) is 0.200. The molecule has 0 amide bonds. The number of rotatable bonds is 4. The van der Waals surface area contributed by atoms with E-state index in [1.165, 1.54) is 23.1 Å². The number of nitrogens with two attached hydrogens (primary N) is 1. The Hall–Kier alpha value is -1.16. The predicted molar refractivity (Wildman–Crippen MR) is 78.6 cm³/mol. The van der Waals surface area contributed by atoms with Gasteiger partial charge in [0.05, 0.1) is 15.9 Å². The zero-order valence-electron chi connectivity index (χ0n) is 10.3. The molecule has 0 unspecified atom stereocenters. The number of anilines is 1. The van der Waals surface area contributed by atoms with E-state index in [2.05, 4.69) is 30.7 Å². The molecule has 3 N–H and O–H groups in total. The molecule has 0 radical (unpaired) electrons. The molecule has 0 saturated carbocycles. The topological polar surface area (TPSA) is 103 Å². The third-order valence-corrected chi connectivity index (χ3v) is 5.18. The summed E-state index contributed by atoms with van der Waals surface area (Å²) in [5.41, 5.74) is 5.92. The van der Waals surface area contributed by atoms with E-state index < -0.39 is 10.0 Å². The maximum atomic E-state index is 12.2. The van der Waals surface area contributed by atoms with Crippen molar-refractivity contribution in [1.82, 2.24) is 19.5 Å². The second kappa shape index (κ2) is 5.68. The van der Waals surface area contributed by atoms with Crippen molar-refractivity contribution in [3.8, 4) is 0 Å². The quantitative estimate of drug-likeness (QED) is 0.778. The molecule has 0 saturated heterocycles. The van der Waals surface area contributed by atoms with Crippen LogP contribution in [0.1, 0.15) is 5.82 Å². The molecule has 2 rings (SSSR count). The van der Waals surface area contributed by atoms with Gasteiger partial charge in [-0.3, -0.25) is 4.68 Å². The molecule has 1 aromatic carbocycles. The Bertz CT molecular complexity index is 746. The molecule has 0 spiro atoms. The Balaban J connectivity index is 2.27. The lowest BCUT2D eigenvalue weighted by Gasteiger charge is -2.09. The highest BCUT2D eigenvalue weighted by molar-refractivity contribution is 9.10. The van der Waals surface area contributed by atoms with Crippen molar-refractivity contribution in [3.05, 3.63) is 33.8 Å². The summed E-state index contributed by atoms with van der Waals surface area (Å²) in [6, 6.07) is 2.78. The van der Waals surface area contributed by atoms with Gasteiger partial charge in [0.15, 0.2) is 5.82 Å². The fourth-order valence-electron chi connectivity index (χ4n) is 1.48. The van der Waals surface area contributed by atoms with Crippen LogP contribution in [-0.4, -0.2) is 23.2 Å².